The number of carbonyl (C=O) groups is 3. The van der Waals surface area contributed by atoms with Crippen LogP contribution in [0, 0.1) is 17.8 Å². The van der Waals surface area contributed by atoms with Crippen molar-refractivity contribution in [1.82, 2.24) is 10.6 Å². The molecule has 3 atom stereocenters. The van der Waals surface area contributed by atoms with Gasteiger partial charge in [0.25, 0.3) is 0 Å². The van der Waals surface area contributed by atoms with Gasteiger partial charge in [0.05, 0.1) is 0 Å². The normalized spacial score (nSPS) is 14.4. The molecule has 0 aliphatic heterocycles. The molecule has 0 saturated carbocycles. The van der Waals surface area contributed by atoms with Gasteiger partial charge < -0.3 is 20.5 Å². The molecule has 1 aliphatic rings. The number of rotatable bonds is 9. The Morgan fingerprint density at radius 1 is 1.03 bits per heavy atom. The number of aliphatic carboxylic acids is 1. The second-order valence-corrected chi connectivity index (χ2v) is 8.36. The van der Waals surface area contributed by atoms with Gasteiger partial charge in [-0.2, -0.15) is 0 Å². The zero-order valence-electron chi connectivity index (χ0n) is 19.6. The fourth-order valence-electron chi connectivity index (χ4n) is 4.13. The molecule has 178 valence electrons. The van der Waals surface area contributed by atoms with E-state index in [1.54, 1.807) is 13.8 Å². The summed E-state index contributed by atoms with van der Waals surface area (Å²) in [5.74, 6) is 3.36. The van der Waals surface area contributed by atoms with E-state index in [9.17, 15) is 19.5 Å². The van der Waals surface area contributed by atoms with Crippen molar-refractivity contribution in [2.24, 2.45) is 5.92 Å². The van der Waals surface area contributed by atoms with Crippen molar-refractivity contribution >= 4 is 18.0 Å². The van der Waals surface area contributed by atoms with E-state index >= 15 is 0 Å². The molecule has 2 aromatic carbocycles. The van der Waals surface area contributed by atoms with Gasteiger partial charge >= 0.3 is 12.1 Å². The Morgan fingerprint density at radius 3 is 2.15 bits per heavy atom. The number of hydrogen-bond donors (Lipinski definition) is 3. The first-order chi connectivity index (χ1) is 16.4. The summed E-state index contributed by atoms with van der Waals surface area (Å²) in [4.78, 5) is 37.0. The lowest BCUT2D eigenvalue weighted by Crippen LogP contribution is -2.53. The molecule has 0 heterocycles. The molecule has 2 amide bonds. The molecular formula is C27H30N2O5. The Kier molecular flexibility index (Phi) is 8.31. The maximum Gasteiger partial charge on any atom is 0.407 e. The van der Waals surface area contributed by atoms with Crippen molar-refractivity contribution in [3.05, 3.63) is 59.7 Å². The first kappa shape index (κ1) is 24.8. The van der Waals surface area contributed by atoms with Crippen LogP contribution in [0.3, 0.4) is 0 Å². The molecular weight excluding hydrogens is 432 g/mol. The summed E-state index contributed by atoms with van der Waals surface area (Å²) in [5.41, 5.74) is 4.40. The number of amides is 2. The molecule has 0 radical (unpaired) electrons. The summed E-state index contributed by atoms with van der Waals surface area (Å²) in [6, 6.07) is 13.9. The van der Waals surface area contributed by atoms with E-state index in [1.165, 1.54) is 0 Å². The minimum absolute atomic E-state index is 0.0410. The van der Waals surface area contributed by atoms with Crippen LogP contribution in [0.2, 0.25) is 0 Å². The van der Waals surface area contributed by atoms with Crippen LogP contribution in [-0.2, 0) is 14.3 Å². The molecule has 3 N–H and O–H groups in total. The van der Waals surface area contributed by atoms with Gasteiger partial charge in [-0.1, -0.05) is 68.8 Å². The van der Waals surface area contributed by atoms with Gasteiger partial charge in [-0.3, -0.25) is 4.79 Å². The molecule has 2 unspecified atom stereocenters. The predicted molar refractivity (Wildman–Crippen MR) is 129 cm³/mol. The molecule has 34 heavy (non-hydrogen) atoms. The summed E-state index contributed by atoms with van der Waals surface area (Å²) in [7, 11) is 0. The van der Waals surface area contributed by atoms with Crippen LogP contribution in [0.5, 0.6) is 0 Å². The number of carboxylic acid groups (broad SMARTS) is 1. The Bertz CT molecular complexity index is 1070. The summed E-state index contributed by atoms with van der Waals surface area (Å²) < 4.78 is 5.53. The molecule has 1 aliphatic carbocycles. The highest BCUT2D eigenvalue weighted by Gasteiger charge is 2.31. The number of nitrogens with one attached hydrogen (secondary N) is 2. The quantitative estimate of drug-likeness (QED) is 0.490. The van der Waals surface area contributed by atoms with Gasteiger partial charge in [0, 0.05) is 12.3 Å². The SMILES string of the molecule is CC#CCC(NC(=O)OCC1c2ccccc2-c2ccccc21)C(=O)N[C@H](C(=O)O)C(C)CC. The molecule has 0 bridgehead atoms. The van der Waals surface area contributed by atoms with E-state index in [0.717, 1.165) is 22.3 Å². The molecule has 0 aromatic heterocycles. The summed E-state index contributed by atoms with van der Waals surface area (Å²) >= 11 is 0. The van der Waals surface area contributed by atoms with Gasteiger partial charge in [0.2, 0.25) is 5.91 Å². The van der Waals surface area contributed by atoms with E-state index in [0.29, 0.717) is 6.42 Å². The molecule has 3 rings (SSSR count). The average Bonchev–Trinajstić information content (AvgIpc) is 3.16. The summed E-state index contributed by atoms with van der Waals surface area (Å²) in [6.07, 6.45) is -0.133. The topological polar surface area (TPSA) is 105 Å². The minimum atomic E-state index is -1.12. The van der Waals surface area contributed by atoms with Gasteiger partial charge in [0.15, 0.2) is 0 Å². The summed E-state index contributed by atoms with van der Waals surface area (Å²) in [5, 5.41) is 14.6. The third-order valence-electron chi connectivity index (χ3n) is 6.21. The van der Waals surface area contributed by atoms with E-state index in [-0.39, 0.29) is 24.9 Å². The van der Waals surface area contributed by atoms with Crippen molar-refractivity contribution in [1.29, 1.82) is 0 Å². The van der Waals surface area contributed by atoms with Gasteiger partial charge in [-0.25, -0.2) is 9.59 Å². The fraction of sp³-hybridized carbons (Fsp3) is 0.370. The molecule has 7 heteroatoms. The Morgan fingerprint density at radius 2 is 1.62 bits per heavy atom. The third-order valence-corrected chi connectivity index (χ3v) is 6.21. The lowest BCUT2D eigenvalue weighted by molar-refractivity contribution is -0.143. The van der Waals surface area contributed by atoms with E-state index in [2.05, 4.69) is 22.5 Å². The van der Waals surface area contributed by atoms with Crippen LogP contribution < -0.4 is 10.6 Å². The Balaban J connectivity index is 1.68. The van der Waals surface area contributed by atoms with Crippen LogP contribution in [0.4, 0.5) is 4.79 Å². The first-order valence-electron chi connectivity index (χ1n) is 11.4. The second kappa shape index (κ2) is 11.4. The second-order valence-electron chi connectivity index (χ2n) is 8.36. The maximum atomic E-state index is 12.8. The van der Waals surface area contributed by atoms with E-state index in [4.69, 9.17) is 4.74 Å². The van der Waals surface area contributed by atoms with Gasteiger partial charge in [-0.15, -0.1) is 11.8 Å². The lowest BCUT2D eigenvalue weighted by Gasteiger charge is -2.23. The van der Waals surface area contributed by atoms with Crippen molar-refractivity contribution in [3.8, 4) is 23.0 Å². The Labute approximate surface area is 199 Å². The maximum absolute atomic E-state index is 12.8. The Hall–Kier alpha value is -3.79. The number of ether oxygens (including phenoxy) is 1. The summed E-state index contributed by atoms with van der Waals surface area (Å²) in [6.45, 7) is 5.33. The number of hydrogen-bond acceptors (Lipinski definition) is 4. The number of carboxylic acids is 1. The van der Waals surface area contributed by atoms with Crippen LogP contribution >= 0.6 is 0 Å². The largest absolute Gasteiger partial charge is 0.480 e. The molecule has 2 aromatic rings. The molecule has 0 saturated heterocycles. The molecule has 0 fully saturated rings. The monoisotopic (exact) mass is 462 g/mol. The van der Waals surface area contributed by atoms with Crippen LogP contribution in [0.15, 0.2) is 48.5 Å². The van der Waals surface area contributed by atoms with Crippen LogP contribution in [0.1, 0.15) is 50.7 Å². The van der Waals surface area contributed by atoms with Crippen molar-refractivity contribution in [3.63, 3.8) is 0 Å². The van der Waals surface area contributed by atoms with E-state index < -0.39 is 30.1 Å². The lowest BCUT2D eigenvalue weighted by atomic mass is 9.98. The minimum Gasteiger partial charge on any atom is -0.480 e. The highest BCUT2D eigenvalue weighted by atomic mass is 16.5. The van der Waals surface area contributed by atoms with Gasteiger partial charge in [0.1, 0.15) is 18.7 Å². The fourth-order valence-corrected chi connectivity index (χ4v) is 4.13. The van der Waals surface area contributed by atoms with Crippen molar-refractivity contribution < 1.29 is 24.2 Å². The average molecular weight is 463 g/mol. The first-order valence-corrected chi connectivity index (χ1v) is 11.4. The zero-order valence-corrected chi connectivity index (χ0v) is 19.6. The number of fused-ring (bicyclic) bond motifs is 3. The molecule has 7 nitrogen and oxygen atoms in total. The van der Waals surface area contributed by atoms with Gasteiger partial charge in [-0.05, 0) is 35.1 Å². The number of alkyl carbamates (subject to hydrolysis) is 1. The smallest absolute Gasteiger partial charge is 0.407 e. The predicted octanol–water partition coefficient (Wildman–Crippen LogP) is 3.92. The van der Waals surface area contributed by atoms with Crippen LogP contribution in [-0.4, -0.2) is 41.8 Å². The highest BCUT2D eigenvalue weighted by molar-refractivity contribution is 5.89. The highest BCUT2D eigenvalue weighted by Crippen LogP contribution is 2.44. The molecule has 0 spiro atoms. The number of carbonyl (C=O) groups excluding carboxylic acids is 2. The van der Waals surface area contributed by atoms with Crippen molar-refractivity contribution in [2.75, 3.05) is 6.61 Å². The standard InChI is InChI=1S/C27H30N2O5/c1-4-6-15-23(25(30)29-24(26(31)32)17(3)5-2)28-27(33)34-16-22-20-13-9-7-11-18(20)19-12-8-10-14-21(19)22/h7-14,17,22-24H,5,15-16H2,1-3H3,(H,28,33)(H,29,30)(H,31,32)/t17?,23?,24-/m0/s1. The third kappa shape index (κ3) is 5.57. The van der Waals surface area contributed by atoms with E-state index in [1.807, 2.05) is 55.5 Å². The van der Waals surface area contributed by atoms with Crippen molar-refractivity contribution in [2.45, 2.75) is 51.6 Å². The zero-order chi connectivity index (χ0) is 24.7. The number of benzene rings is 2. The van der Waals surface area contributed by atoms with Crippen LogP contribution in [0.25, 0.3) is 11.1 Å².